The third-order valence-electron chi connectivity index (χ3n) is 4.35. The van der Waals surface area contributed by atoms with Crippen LogP contribution in [0.2, 0.25) is 0 Å². The molecule has 6 nitrogen and oxygen atoms in total. The van der Waals surface area contributed by atoms with E-state index in [1.807, 2.05) is 24.0 Å². The molecular weight excluding hydrogens is 330 g/mol. The summed E-state index contributed by atoms with van der Waals surface area (Å²) >= 11 is 0. The summed E-state index contributed by atoms with van der Waals surface area (Å²) in [7, 11) is 0. The van der Waals surface area contributed by atoms with Crippen molar-refractivity contribution in [3.05, 3.63) is 53.9 Å². The SMILES string of the molecule is CCOc1cc(C(=O)N2CCCC(N)C2)ccc1OCc1cccnc1. The molecule has 1 unspecified atom stereocenters. The van der Waals surface area contributed by atoms with E-state index in [-0.39, 0.29) is 11.9 Å². The molecule has 1 aliphatic heterocycles. The van der Waals surface area contributed by atoms with Crippen LogP contribution in [0.1, 0.15) is 35.7 Å². The van der Waals surface area contributed by atoms with E-state index in [9.17, 15) is 4.79 Å². The Labute approximate surface area is 153 Å². The average Bonchev–Trinajstić information content (AvgIpc) is 2.67. The first-order valence-electron chi connectivity index (χ1n) is 9.00. The molecule has 1 fully saturated rings. The number of pyridine rings is 1. The lowest BCUT2D eigenvalue weighted by Crippen LogP contribution is -2.45. The highest BCUT2D eigenvalue weighted by Crippen LogP contribution is 2.30. The van der Waals surface area contributed by atoms with Gasteiger partial charge in [-0.3, -0.25) is 9.78 Å². The molecule has 0 saturated carbocycles. The van der Waals surface area contributed by atoms with Gasteiger partial charge in [0, 0.05) is 42.7 Å². The van der Waals surface area contributed by atoms with Crippen LogP contribution in [0.15, 0.2) is 42.7 Å². The largest absolute Gasteiger partial charge is 0.490 e. The summed E-state index contributed by atoms with van der Waals surface area (Å²) in [5.41, 5.74) is 7.56. The Hall–Kier alpha value is -2.60. The fourth-order valence-electron chi connectivity index (χ4n) is 3.05. The third-order valence-corrected chi connectivity index (χ3v) is 4.35. The van der Waals surface area contributed by atoms with Crippen molar-refractivity contribution in [2.45, 2.75) is 32.4 Å². The molecule has 138 valence electrons. The van der Waals surface area contributed by atoms with E-state index in [1.165, 1.54) is 0 Å². The Kier molecular flexibility index (Phi) is 6.07. The van der Waals surface area contributed by atoms with Gasteiger partial charge in [-0.2, -0.15) is 0 Å². The fourth-order valence-corrected chi connectivity index (χ4v) is 3.05. The highest BCUT2D eigenvalue weighted by atomic mass is 16.5. The lowest BCUT2D eigenvalue weighted by molar-refractivity contribution is 0.0708. The van der Waals surface area contributed by atoms with Crippen molar-refractivity contribution in [2.75, 3.05) is 19.7 Å². The summed E-state index contributed by atoms with van der Waals surface area (Å²) < 4.78 is 11.6. The number of amides is 1. The number of ether oxygens (including phenoxy) is 2. The van der Waals surface area contributed by atoms with Crippen LogP contribution in [0.25, 0.3) is 0 Å². The quantitative estimate of drug-likeness (QED) is 0.862. The summed E-state index contributed by atoms with van der Waals surface area (Å²) in [5.74, 6) is 1.17. The van der Waals surface area contributed by atoms with E-state index in [0.29, 0.717) is 36.8 Å². The number of rotatable bonds is 6. The van der Waals surface area contributed by atoms with Gasteiger partial charge >= 0.3 is 0 Å². The second-order valence-corrected chi connectivity index (χ2v) is 6.40. The van der Waals surface area contributed by atoms with Crippen LogP contribution in [-0.4, -0.2) is 41.5 Å². The Balaban J connectivity index is 1.74. The molecule has 0 bridgehead atoms. The summed E-state index contributed by atoms with van der Waals surface area (Å²) in [6.07, 6.45) is 5.40. The zero-order chi connectivity index (χ0) is 18.4. The van der Waals surface area contributed by atoms with Gasteiger partial charge in [0.05, 0.1) is 6.61 Å². The molecular formula is C20H25N3O3. The van der Waals surface area contributed by atoms with Crippen molar-refractivity contribution in [1.29, 1.82) is 0 Å². The van der Waals surface area contributed by atoms with Crippen molar-refractivity contribution >= 4 is 5.91 Å². The summed E-state index contributed by atoms with van der Waals surface area (Å²) in [6.45, 7) is 4.14. The molecule has 0 spiro atoms. The maximum atomic E-state index is 12.8. The fraction of sp³-hybridized carbons (Fsp3) is 0.400. The molecule has 26 heavy (non-hydrogen) atoms. The van der Waals surface area contributed by atoms with E-state index >= 15 is 0 Å². The van der Waals surface area contributed by atoms with Crippen molar-refractivity contribution < 1.29 is 14.3 Å². The van der Waals surface area contributed by atoms with E-state index in [2.05, 4.69) is 4.98 Å². The van der Waals surface area contributed by atoms with Crippen LogP contribution in [-0.2, 0) is 6.61 Å². The molecule has 6 heteroatoms. The molecule has 1 saturated heterocycles. The lowest BCUT2D eigenvalue weighted by Gasteiger charge is -2.31. The number of hydrogen-bond acceptors (Lipinski definition) is 5. The van der Waals surface area contributed by atoms with E-state index in [1.54, 1.807) is 30.6 Å². The molecule has 1 aliphatic rings. The summed E-state index contributed by atoms with van der Waals surface area (Å²) in [6, 6.07) is 9.20. The maximum absolute atomic E-state index is 12.8. The van der Waals surface area contributed by atoms with Crippen molar-refractivity contribution in [3.63, 3.8) is 0 Å². The number of piperidine rings is 1. The molecule has 3 rings (SSSR count). The molecule has 0 aliphatic carbocycles. The predicted octanol–water partition coefficient (Wildman–Crippen LogP) is 2.62. The van der Waals surface area contributed by atoms with E-state index in [0.717, 1.165) is 24.9 Å². The molecule has 1 aromatic heterocycles. The van der Waals surface area contributed by atoms with Gasteiger partial charge in [0.1, 0.15) is 6.61 Å². The molecule has 1 amide bonds. The number of aromatic nitrogens is 1. The van der Waals surface area contributed by atoms with Crippen LogP contribution >= 0.6 is 0 Å². The molecule has 2 aromatic rings. The van der Waals surface area contributed by atoms with E-state index in [4.69, 9.17) is 15.2 Å². The van der Waals surface area contributed by atoms with Gasteiger partial charge in [-0.1, -0.05) is 6.07 Å². The third kappa shape index (κ3) is 4.52. The minimum absolute atomic E-state index is 0.0140. The zero-order valence-electron chi connectivity index (χ0n) is 15.1. The van der Waals surface area contributed by atoms with Crippen molar-refractivity contribution in [1.82, 2.24) is 9.88 Å². The molecule has 0 radical (unpaired) electrons. The van der Waals surface area contributed by atoms with Crippen LogP contribution in [0, 0.1) is 0 Å². The van der Waals surface area contributed by atoms with Crippen LogP contribution in [0.5, 0.6) is 11.5 Å². The number of nitrogens with zero attached hydrogens (tertiary/aromatic N) is 2. The number of likely N-dealkylation sites (tertiary alicyclic amines) is 1. The topological polar surface area (TPSA) is 77.7 Å². The summed E-state index contributed by atoms with van der Waals surface area (Å²) in [5, 5.41) is 0. The van der Waals surface area contributed by atoms with Gasteiger partial charge < -0.3 is 20.1 Å². The highest BCUT2D eigenvalue weighted by Gasteiger charge is 2.23. The smallest absolute Gasteiger partial charge is 0.254 e. The number of carbonyl (C=O) groups excluding carboxylic acids is 1. The van der Waals surface area contributed by atoms with E-state index < -0.39 is 0 Å². The monoisotopic (exact) mass is 355 g/mol. The standard InChI is InChI=1S/C20H25N3O3/c1-2-25-19-11-16(20(24)23-10-4-6-17(21)13-23)7-8-18(19)26-14-15-5-3-9-22-12-15/h3,5,7-9,11-12,17H,2,4,6,10,13-14,21H2,1H3. The van der Waals surface area contributed by atoms with Crippen molar-refractivity contribution in [3.8, 4) is 11.5 Å². The Morgan fingerprint density at radius 1 is 1.31 bits per heavy atom. The average molecular weight is 355 g/mol. The molecule has 1 aromatic carbocycles. The summed E-state index contributed by atoms with van der Waals surface area (Å²) in [4.78, 5) is 18.7. The van der Waals surface area contributed by atoms with Crippen LogP contribution in [0.4, 0.5) is 0 Å². The van der Waals surface area contributed by atoms with Gasteiger partial charge in [0.25, 0.3) is 5.91 Å². The number of nitrogens with two attached hydrogens (primary N) is 1. The van der Waals surface area contributed by atoms with Gasteiger partial charge in [-0.05, 0) is 44.0 Å². The zero-order valence-corrected chi connectivity index (χ0v) is 15.1. The minimum Gasteiger partial charge on any atom is -0.490 e. The minimum atomic E-state index is -0.0140. The number of hydrogen-bond donors (Lipinski definition) is 1. The maximum Gasteiger partial charge on any atom is 0.254 e. The first-order chi connectivity index (χ1) is 12.7. The Morgan fingerprint density at radius 3 is 2.92 bits per heavy atom. The first kappa shape index (κ1) is 18.2. The van der Waals surface area contributed by atoms with Crippen LogP contribution < -0.4 is 15.2 Å². The Morgan fingerprint density at radius 2 is 2.19 bits per heavy atom. The molecule has 1 atom stereocenters. The highest BCUT2D eigenvalue weighted by molar-refractivity contribution is 5.95. The Bertz CT molecular complexity index is 736. The molecule has 2 heterocycles. The van der Waals surface area contributed by atoms with Gasteiger partial charge in [-0.15, -0.1) is 0 Å². The first-order valence-corrected chi connectivity index (χ1v) is 9.00. The van der Waals surface area contributed by atoms with Crippen molar-refractivity contribution in [2.24, 2.45) is 5.73 Å². The van der Waals surface area contributed by atoms with Crippen LogP contribution in [0.3, 0.4) is 0 Å². The predicted molar refractivity (Wildman–Crippen MR) is 99.3 cm³/mol. The number of benzene rings is 1. The lowest BCUT2D eigenvalue weighted by atomic mass is 10.1. The van der Waals surface area contributed by atoms with Gasteiger partial charge in [0.2, 0.25) is 0 Å². The van der Waals surface area contributed by atoms with Gasteiger partial charge in [-0.25, -0.2) is 0 Å². The van der Waals surface area contributed by atoms with Gasteiger partial charge in [0.15, 0.2) is 11.5 Å². The molecule has 2 N–H and O–H groups in total. The number of carbonyl (C=O) groups is 1. The second-order valence-electron chi connectivity index (χ2n) is 6.40. The second kappa shape index (κ2) is 8.67. The normalized spacial score (nSPS) is 17.0.